The minimum atomic E-state index is 0.789. The van der Waals surface area contributed by atoms with Gasteiger partial charge in [0.05, 0.1) is 5.69 Å². The second kappa shape index (κ2) is 4.65. The lowest BCUT2D eigenvalue weighted by atomic mass is 10.1. The quantitative estimate of drug-likeness (QED) is 0.427. The van der Waals surface area contributed by atoms with Crippen molar-refractivity contribution < 1.29 is 4.42 Å². The minimum Gasteiger partial charge on any atom is -0.453 e. The standard InChI is InChI=1S/C20H12N2O/c1-2-6-14-13(5-1)8-9-16-18-20(23-19(14)16)15(10-12-22-18)17-7-3-4-11-21-17/h1-12H. The highest BCUT2D eigenvalue weighted by Crippen LogP contribution is 2.36. The average Bonchev–Trinajstić information content (AvgIpc) is 3.01. The Hall–Kier alpha value is -3.20. The largest absolute Gasteiger partial charge is 0.453 e. The Kier molecular flexibility index (Phi) is 2.50. The van der Waals surface area contributed by atoms with Crippen LogP contribution in [0.5, 0.6) is 0 Å². The number of pyridine rings is 2. The van der Waals surface area contributed by atoms with E-state index in [0.29, 0.717) is 0 Å². The predicted molar refractivity (Wildman–Crippen MR) is 92.3 cm³/mol. The van der Waals surface area contributed by atoms with Gasteiger partial charge in [0.25, 0.3) is 0 Å². The molecule has 5 aromatic rings. The molecule has 5 rings (SSSR count). The molecular formula is C20H12N2O. The Balaban J connectivity index is 1.95. The SMILES string of the molecule is c1ccc(-c2ccnc3c2oc2c4ccccc4ccc32)nc1. The zero-order valence-electron chi connectivity index (χ0n) is 12.2. The van der Waals surface area contributed by atoms with Gasteiger partial charge in [-0.25, -0.2) is 0 Å². The van der Waals surface area contributed by atoms with E-state index in [9.17, 15) is 0 Å². The summed E-state index contributed by atoms with van der Waals surface area (Å²) in [4.78, 5) is 8.98. The first-order valence-corrected chi connectivity index (χ1v) is 7.52. The first-order valence-electron chi connectivity index (χ1n) is 7.52. The van der Waals surface area contributed by atoms with Crippen molar-refractivity contribution in [2.75, 3.05) is 0 Å². The zero-order chi connectivity index (χ0) is 15.2. The fourth-order valence-electron chi connectivity index (χ4n) is 3.11. The van der Waals surface area contributed by atoms with Crippen molar-refractivity contribution in [1.29, 1.82) is 0 Å². The third-order valence-corrected chi connectivity index (χ3v) is 4.18. The van der Waals surface area contributed by atoms with Gasteiger partial charge in [-0.1, -0.05) is 36.4 Å². The Morgan fingerprint density at radius 3 is 2.48 bits per heavy atom. The molecule has 0 radical (unpaired) electrons. The predicted octanol–water partition coefficient (Wildman–Crippen LogP) is 5.20. The molecule has 3 nitrogen and oxygen atoms in total. The van der Waals surface area contributed by atoms with Gasteiger partial charge in [0.2, 0.25) is 0 Å². The molecule has 0 N–H and O–H groups in total. The number of nitrogens with zero attached hydrogens (tertiary/aromatic N) is 2. The van der Waals surface area contributed by atoms with E-state index in [-0.39, 0.29) is 0 Å². The van der Waals surface area contributed by atoms with Crippen LogP contribution in [0.2, 0.25) is 0 Å². The molecule has 0 fully saturated rings. The maximum absolute atomic E-state index is 6.25. The van der Waals surface area contributed by atoms with Gasteiger partial charge < -0.3 is 4.42 Å². The first-order chi connectivity index (χ1) is 11.4. The Morgan fingerprint density at radius 1 is 0.652 bits per heavy atom. The maximum atomic E-state index is 6.25. The van der Waals surface area contributed by atoms with Crippen molar-refractivity contribution in [3.8, 4) is 11.3 Å². The van der Waals surface area contributed by atoms with Gasteiger partial charge in [0, 0.05) is 28.7 Å². The van der Waals surface area contributed by atoms with Gasteiger partial charge in [-0.15, -0.1) is 0 Å². The van der Waals surface area contributed by atoms with Gasteiger partial charge in [0.1, 0.15) is 11.1 Å². The molecule has 0 aliphatic rings. The van der Waals surface area contributed by atoms with Crippen LogP contribution in [0.25, 0.3) is 44.1 Å². The summed E-state index contributed by atoms with van der Waals surface area (Å²) < 4.78 is 6.25. The van der Waals surface area contributed by atoms with E-state index in [1.807, 2.05) is 42.6 Å². The molecule has 23 heavy (non-hydrogen) atoms. The van der Waals surface area contributed by atoms with E-state index >= 15 is 0 Å². The molecule has 3 aromatic heterocycles. The van der Waals surface area contributed by atoms with Crippen LogP contribution >= 0.6 is 0 Å². The van der Waals surface area contributed by atoms with Gasteiger partial charge in [0.15, 0.2) is 5.58 Å². The number of hydrogen-bond acceptors (Lipinski definition) is 3. The lowest BCUT2D eigenvalue weighted by Gasteiger charge is -2.00. The van der Waals surface area contributed by atoms with E-state index in [4.69, 9.17) is 4.42 Å². The molecule has 3 heteroatoms. The van der Waals surface area contributed by atoms with Crippen molar-refractivity contribution >= 4 is 32.8 Å². The van der Waals surface area contributed by atoms with Crippen LogP contribution in [0.15, 0.2) is 77.5 Å². The van der Waals surface area contributed by atoms with Crippen LogP contribution in [0.4, 0.5) is 0 Å². The molecule has 0 aliphatic carbocycles. The number of rotatable bonds is 1. The highest BCUT2D eigenvalue weighted by atomic mass is 16.3. The van der Waals surface area contributed by atoms with Crippen molar-refractivity contribution in [3.05, 3.63) is 73.1 Å². The Bertz CT molecular complexity index is 1160. The van der Waals surface area contributed by atoms with Crippen LogP contribution < -0.4 is 0 Å². The number of furan rings is 1. The van der Waals surface area contributed by atoms with Crippen molar-refractivity contribution in [2.24, 2.45) is 0 Å². The fraction of sp³-hybridized carbons (Fsp3) is 0. The van der Waals surface area contributed by atoms with Gasteiger partial charge >= 0.3 is 0 Å². The molecule has 0 saturated carbocycles. The summed E-state index contributed by atoms with van der Waals surface area (Å²) in [5, 5.41) is 3.31. The maximum Gasteiger partial charge on any atom is 0.163 e. The molecule has 2 aromatic carbocycles. The van der Waals surface area contributed by atoms with Crippen LogP contribution in [-0.2, 0) is 0 Å². The molecular weight excluding hydrogens is 284 g/mol. The summed E-state index contributed by atoms with van der Waals surface area (Å²) in [6.07, 6.45) is 3.61. The average molecular weight is 296 g/mol. The molecule has 0 aliphatic heterocycles. The van der Waals surface area contributed by atoms with E-state index in [0.717, 1.165) is 38.7 Å². The van der Waals surface area contributed by atoms with E-state index in [1.165, 1.54) is 5.39 Å². The number of aromatic nitrogens is 2. The highest BCUT2D eigenvalue weighted by Gasteiger charge is 2.15. The molecule has 108 valence electrons. The van der Waals surface area contributed by atoms with Gasteiger partial charge in [-0.3, -0.25) is 9.97 Å². The minimum absolute atomic E-state index is 0.789. The molecule has 0 atom stereocenters. The monoisotopic (exact) mass is 296 g/mol. The van der Waals surface area contributed by atoms with E-state index < -0.39 is 0 Å². The zero-order valence-corrected chi connectivity index (χ0v) is 12.2. The topological polar surface area (TPSA) is 38.9 Å². The molecule has 0 unspecified atom stereocenters. The summed E-state index contributed by atoms with van der Waals surface area (Å²) in [5.74, 6) is 0. The third kappa shape index (κ3) is 1.77. The number of fused-ring (bicyclic) bond motifs is 5. The number of benzene rings is 2. The molecule has 0 spiro atoms. The van der Waals surface area contributed by atoms with Crippen molar-refractivity contribution in [1.82, 2.24) is 9.97 Å². The second-order valence-corrected chi connectivity index (χ2v) is 5.52. The Labute approximate surface area is 132 Å². The Morgan fingerprint density at radius 2 is 1.57 bits per heavy atom. The third-order valence-electron chi connectivity index (χ3n) is 4.18. The van der Waals surface area contributed by atoms with Crippen LogP contribution in [0.1, 0.15) is 0 Å². The summed E-state index contributed by atoms with van der Waals surface area (Å²) in [6.45, 7) is 0. The molecule has 0 saturated heterocycles. The van der Waals surface area contributed by atoms with Crippen molar-refractivity contribution in [3.63, 3.8) is 0 Å². The van der Waals surface area contributed by atoms with Crippen LogP contribution in [-0.4, -0.2) is 9.97 Å². The lowest BCUT2D eigenvalue weighted by molar-refractivity contribution is 0.672. The molecule has 0 bridgehead atoms. The fourth-order valence-corrected chi connectivity index (χ4v) is 3.11. The number of hydrogen-bond donors (Lipinski definition) is 0. The normalized spacial score (nSPS) is 11.5. The lowest BCUT2D eigenvalue weighted by Crippen LogP contribution is -1.83. The molecule has 3 heterocycles. The van der Waals surface area contributed by atoms with E-state index in [1.54, 1.807) is 6.20 Å². The van der Waals surface area contributed by atoms with Gasteiger partial charge in [-0.2, -0.15) is 0 Å². The summed E-state index contributed by atoms with van der Waals surface area (Å²) >= 11 is 0. The first kappa shape index (κ1) is 12.4. The van der Waals surface area contributed by atoms with Crippen LogP contribution in [0.3, 0.4) is 0 Å². The van der Waals surface area contributed by atoms with Gasteiger partial charge in [-0.05, 0) is 29.7 Å². The van der Waals surface area contributed by atoms with Crippen molar-refractivity contribution in [2.45, 2.75) is 0 Å². The molecule has 0 amide bonds. The smallest absolute Gasteiger partial charge is 0.163 e. The highest BCUT2D eigenvalue weighted by molar-refractivity contribution is 6.15. The summed E-state index contributed by atoms with van der Waals surface area (Å²) in [7, 11) is 0. The summed E-state index contributed by atoms with van der Waals surface area (Å²) in [5.41, 5.74) is 4.42. The summed E-state index contributed by atoms with van der Waals surface area (Å²) in [6, 6.07) is 20.3. The second-order valence-electron chi connectivity index (χ2n) is 5.52. The van der Waals surface area contributed by atoms with Crippen LogP contribution in [0, 0.1) is 0 Å². The van der Waals surface area contributed by atoms with E-state index in [2.05, 4.69) is 34.2 Å².